The Labute approximate surface area is 204 Å². The zero-order valence-electron chi connectivity index (χ0n) is 19.6. The second kappa shape index (κ2) is 10.7. The first-order valence-corrected chi connectivity index (χ1v) is 11.4. The molecule has 3 aromatic carbocycles. The van der Waals surface area contributed by atoms with Crippen LogP contribution < -0.4 is 10.6 Å². The normalized spacial score (nSPS) is 12.4. The fourth-order valence-corrected chi connectivity index (χ4v) is 4.00. The number of carboxylic acids is 1. The number of ketones is 1. The summed E-state index contributed by atoms with van der Waals surface area (Å²) >= 11 is 0. The van der Waals surface area contributed by atoms with Crippen molar-refractivity contribution in [2.45, 2.75) is 18.9 Å². The molecule has 0 bridgehead atoms. The Hall–Kier alpha value is -4.45. The Morgan fingerprint density at radius 1 is 0.829 bits per heavy atom. The zero-order valence-corrected chi connectivity index (χ0v) is 19.6. The van der Waals surface area contributed by atoms with Crippen LogP contribution in [-0.2, 0) is 4.79 Å². The number of pyridine rings is 1. The predicted molar refractivity (Wildman–Crippen MR) is 139 cm³/mol. The molecule has 4 rings (SSSR count). The maximum absolute atomic E-state index is 13.1. The minimum Gasteiger partial charge on any atom is -0.480 e. The van der Waals surface area contributed by atoms with E-state index >= 15 is 0 Å². The van der Waals surface area contributed by atoms with E-state index in [1.807, 2.05) is 62.5 Å². The largest absolute Gasteiger partial charge is 0.480 e. The number of carbonyl (C=O) groups excluding carboxylic acids is 1. The molecular formula is C29H27N3O3. The summed E-state index contributed by atoms with van der Waals surface area (Å²) in [7, 11) is 1.82. The molecule has 0 radical (unpaired) electrons. The third-order valence-corrected chi connectivity index (χ3v) is 6.02. The highest BCUT2D eigenvalue weighted by atomic mass is 16.4. The SMILES string of the molecule is CNc1cccc(-c2ccc(C(C)[C@H](Nc3ccccc3C(=O)c3ccccc3)C(=O)O)cc2)n1. The number of nitrogens with one attached hydrogen (secondary N) is 2. The lowest BCUT2D eigenvalue weighted by Gasteiger charge is -2.24. The highest BCUT2D eigenvalue weighted by molar-refractivity contribution is 6.12. The van der Waals surface area contributed by atoms with Gasteiger partial charge in [-0.05, 0) is 29.8 Å². The first kappa shape index (κ1) is 23.7. The lowest BCUT2D eigenvalue weighted by Crippen LogP contribution is -2.35. The molecule has 0 amide bonds. The molecule has 0 saturated heterocycles. The maximum atomic E-state index is 13.1. The molecule has 0 aliphatic rings. The van der Waals surface area contributed by atoms with Crippen LogP contribution in [-0.4, -0.2) is 34.9 Å². The van der Waals surface area contributed by atoms with E-state index in [0.717, 1.165) is 22.6 Å². The van der Waals surface area contributed by atoms with Crippen LogP contribution >= 0.6 is 0 Å². The Balaban J connectivity index is 1.58. The van der Waals surface area contributed by atoms with Crippen LogP contribution in [0, 0.1) is 0 Å². The summed E-state index contributed by atoms with van der Waals surface area (Å²) in [5, 5.41) is 16.2. The summed E-state index contributed by atoms with van der Waals surface area (Å²) in [4.78, 5) is 29.9. The monoisotopic (exact) mass is 465 g/mol. The molecule has 35 heavy (non-hydrogen) atoms. The number of carbonyl (C=O) groups is 2. The van der Waals surface area contributed by atoms with Crippen LogP contribution in [0.1, 0.15) is 34.3 Å². The van der Waals surface area contributed by atoms with Gasteiger partial charge in [-0.3, -0.25) is 4.79 Å². The highest BCUT2D eigenvalue weighted by Gasteiger charge is 2.27. The Morgan fingerprint density at radius 2 is 1.51 bits per heavy atom. The Bertz CT molecular complexity index is 1320. The average molecular weight is 466 g/mol. The van der Waals surface area contributed by atoms with E-state index in [-0.39, 0.29) is 11.7 Å². The van der Waals surface area contributed by atoms with Crippen molar-refractivity contribution in [3.8, 4) is 11.3 Å². The minimum absolute atomic E-state index is 0.161. The number of carboxylic acid groups (broad SMARTS) is 1. The van der Waals surface area contributed by atoms with Crippen molar-refractivity contribution in [1.82, 2.24) is 4.98 Å². The number of hydrogen-bond acceptors (Lipinski definition) is 5. The number of nitrogens with zero attached hydrogens (tertiary/aromatic N) is 1. The number of rotatable bonds is 9. The van der Waals surface area contributed by atoms with Crippen molar-refractivity contribution in [3.05, 3.63) is 114 Å². The van der Waals surface area contributed by atoms with Gasteiger partial charge < -0.3 is 15.7 Å². The smallest absolute Gasteiger partial charge is 0.326 e. The first-order valence-electron chi connectivity index (χ1n) is 11.4. The molecule has 0 aliphatic heterocycles. The molecule has 0 saturated carbocycles. The number of para-hydroxylation sites is 1. The van der Waals surface area contributed by atoms with Gasteiger partial charge in [-0.2, -0.15) is 0 Å². The van der Waals surface area contributed by atoms with E-state index < -0.39 is 12.0 Å². The van der Waals surface area contributed by atoms with Crippen LogP contribution in [0.4, 0.5) is 11.5 Å². The van der Waals surface area contributed by atoms with Gasteiger partial charge in [0.25, 0.3) is 0 Å². The zero-order chi connectivity index (χ0) is 24.8. The lowest BCUT2D eigenvalue weighted by atomic mass is 9.91. The summed E-state index contributed by atoms with van der Waals surface area (Å²) in [5.74, 6) is -0.741. The quantitative estimate of drug-likeness (QED) is 0.275. The number of hydrogen-bond donors (Lipinski definition) is 3. The van der Waals surface area contributed by atoms with Gasteiger partial charge in [0.1, 0.15) is 11.9 Å². The Morgan fingerprint density at radius 3 is 2.20 bits per heavy atom. The van der Waals surface area contributed by atoms with Gasteiger partial charge in [0.05, 0.1) is 5.69 Å². The van der Waals surface area contributed by atoms with Gasteiger partial charge >= 0.3 is 5.97 Å². The summed E-state index contributed by atoms with van der Waals surface area (Å²) in [6, 6.07) is 28.5. The second-order valence-electron chi connectivity index (χ2n) is 8.27. The summed E-state index contributed by atoms with van der Waals surface area (Å²) < 4.78 is 0. The van der Waals surface area contributed by atoms with Gasteiger partial charge in [0, 0.05) is 35.3 Å². The van der Waals surface area contributed by atoms with Gasteiger partial charge in [-0.1, -0.05) is 79.7 Å². The predicted octanol–water partition coefficient (Wildman–Crippen LogP) is 5.69. The van der Waals surface area contributed by atoms with Crippen molar-refractivity contribution < 1.29 is 14.7 Å². The minimum atomic E-state index is -0.994. The number of benzene rings is 3. The average Bonchev–Trinajstić information content (AvgIpc) is 2.91. The number of aromatic nitrogens is 1. The van der Waals surface area contributed by atoms with E-state index in [9.17, 15) is 14.7 Å². The molecule has 0 spiro atoms. The number of aliphatic carboxylic acids is 1. The van der Waals surface area contributed by atoms with Crippen LogP contribution in [0.25, 0.3) is 11.3 Å². The van der Waals surface area contributed by atoms with E-state index in [1.165, 1.54) is 0 Å². The third kappa shape index (κ3) is 5.38. The second-order valence-corrected chi connectivity index (χ2v) is 8.27. The molecule has 0 fully saturated rings. The fourth-order valence-electron chi connectivity index (χ4n) is 4.00. The molecule has 2 atom stereocenters. The molecule has 3 N–H and O–H groups in total. The molecule has 1 aromatic heterocycles. The van der Waals surface area contributed by atoms with Crippen LogP contribution in [0.3, 0.4) is 0 Å². The van der Waals surface area contributed by atoms with Crippen molar-refractivity contribution in [1.29, 1.82) is 0 Å². The molecule has 0 aliphatic carbocycles. The lowest BCUT2D eigenvalue weighted by molar-refractivity contribution is -0.138. The maximum Gasteiger partial charge on any atom is 0.326 e. The molecule has 1 heterocycles. The van der Waals surface area contributed by atoms with Gasteiger partial charge in [-0.25, -0.2) is 9.78 Å². The standard InChI is InChI=1S/C29H27N3O3/c1-19(20-15-17-21(18-16-20)24-13-8-14-26(30-2)31-24)27(29(34)35)32-25-12-7-6-11-23(25)28(33)22-9-4-3-5-10-22/h3-19,27,32H,1-2H3,(H,30,31)(H,34,35)/t19?,27-/m0/s1. The van der Waals surface area contributed by atoms with Gasteiger partial charge in [0.2, 0.25) is 0 Å². The van der Waals surface area contributed by atoms with Crippen molar-refractivity contribution in [2.24, 2.45) is 0 Å². The summed E-state index contributed by atoms with van der Waals surface area (Å²) in [5.41, 5.74) is 4.11. The molecule has 6 heteroatoms. The molecule has 4 aromatic rings. The topological polar surface area (TPSA) is 91.3 Å². The van der Waals surface area contributed by atoms with Crippen LogP contribution in [0.2, 0.25) is 0 Å². The van der Waals surface area contributed by atoms with E-state index in [4.69, 9.17) is 0 Å². The van der Waals surface area contributed by atoms with Crippen molar-refractivity contribution >= 4 is 23.3 Å². The summed E-state index contributed by atoms with van der Waals surface area (Å²) in [6.07, 6.45) is 0. The number of anilines is 2. The molecule has 1 unspecified atom stereocenters. The molecular weight excluding hydrogens is 438 g/mol. The van der Waals surface area contributed by atoms with Gasteiger partial charge in [0.15, 0.2) is 5.78 Å². The van der Waals surface area contributed by atoms with Gasteiger partial charge in [-0.15, -0.1) is 0 Å². The third-order valence-electron chi connectivity index (χ3n) is 6.02. The van der Waals surface area contributed by atoms with E-state index in [1.54, 1.807) is 48.5 Å². The van der Waals surface area contributed by atoms with Crippen LogP contribution in [0.5, 0.6) is 0 Å². The highest BCUT2D eigenvalue weighted by Crippen LogP contribution is 2.28. The van der Waals surface area contributed by atoms with Crippen LogP contribution in [0.15, 0.2) is 97.1 Å². The summed E-state index contributed by atoms with van der Waals surface area (Å²) in [6.45, 7) is 1.86. The van der Waals surface area contributed by atoms with Crippen molar-refractivity contribution in [3.63, 3.8) is 0 Å². The fraction of sp³-hybridized carbons (Fsp3) is 0.138. The Kier molecular flexibility index (Phi) is 7.21. The van der Waals surface area contributed by atoms with E-state index in [0.29, 0.717) is 16.8 Å². The molecule has 6 nitrogen and oxygen atoms in total. The first-order chi connectivity index (χ1) is 17.0. The van der Waals surface area contributed by atoms with Crippen molar-refractivity contribution in [2.75, 3.05) is 17.7 Å². The molecule has 176 valence electrons. The van der Waals surface area contributed by atoms with E-state index in [2.05, 4.69) is 15.6 Å².